The summed E-state index contributed by atoms with van der Waals surface area (Å²) >= 11 is 1.52. The smallest absolute Gasteiger partial charge is 0.182 e. The van der Waals surface area contributed by atoms with E-state index in [9.17, 15) is 0 Å². The molecule has 4 rings (SSSR count). The Bertz CT molecular complexity index is 1040. The Hall–Kier alpha value is -2.91. The molecule has 0 spiro atoms. The van der Waals surface area contributed by atoms with Crippen molar-refractivity contribution >= 4 is 11.3 Å². The van der Waals surface area contributed by atoms with Crippen LogP contribution in [-0.4, -0.2) is 4.57 Å². The summed E-state index contributed by atoms with van der Waals surface area (Å²) in [6.07, 6.45) is 0. The zero-order chi connectivity index (χ0) is 17.2. The summed E-state index contributed by atoms with van der Waals surface area (Å²) in [5, 5.41) is 8.24. The second-order valence-corrected chi connectivity index (χ2v) is 6.95. The Morgan fingerprint density at radius 1 is 0.640 bits per heavy atom. The van der Waals surface area contributed by atoms with Gasteiger partial charge in [-0.05, 0) is 22.3 Å². The molecule has 1 aromatic heterocycles. The SMILES string of the molecule is Cn1c(-c2ccc(-c3ccccc3)cc2)c(-c2ccccc2)sc1=N. The minimum atomic E-state index is 0.556. The van der Waals surface area contributed by atoms with Crippen LogP contribution in [-0.2, 0) is 7.05 Å². The first-order chi connectivity index (χ1) is 12.2. The third-order valence-electron chi connectivity index (χ3n) is 4.36. The van der Waals surface area contributed by atoms with Crippen molar-refractivity contribution in [3.05, 3.63) is 89.7 Å². The van der Waals surface area contributed by atoms with Crippen molar-refractivity contribution in [2.75, 3.05) is 0 Å². The molecule has 0 unspecified atom stereocenters. The van der Waals surface area contributed by atoms with Gasteiger partial charge < -0.3 is 4.57 Å². The first-order valence-electron chi connectivity index (χ1n) is 8.20. The van der Waals surface area contributed by atoms with E-state index in [1.54, 1.807) is 0 Å². The molecule has 0 aliphatic heterocycles. The van der Waals surface area contributed by atoms with E-state index in [0.29, 0.717) is 4.80 Å². The van der Waals surface area contributed by atoms with Crippen LogP contribution in [0.5, 0.6) is 0 Å². The summed E-state index contributed by atoms with van der Waals surface area (Å²) in [5.41, 5.74) is 5.81. The van der Waals surface area contributed by atoms with Crippen LogP contribution in [0.2, 0.25) is 0 Å². The average Bonchev–Trinajstić information content (AvgIpc) is 2.98. The second kappa shape index (κ2) is 6.54. The molecule has 122 valence electrons. The second-order valence-electron chi connectivity index (χ2n) is 5.95. The lowest BCUT2D eigenvalue weighted by Gasteiger charge is -2.09. The molecule has 0 aliphatic rings. The quantitative estimate of drug-likeness (QED) is 0.504. The molecule has 0 saturated heterocycles. The highest BCUT2D eigenvalue weighted by atomic mass is 32.1. The van der Waals surface area contributed by atoms with Gasteiger partial charge in [-0.3, -0.25) is 5.41 Å². The molecular weight excluding hydrogens is 324 g/mol. The molecule has 25 heavy (non-hydrogen) atoms. The molecule has 3 aromatic carbocycles. The minimum absolute atomic E-state index is 0.556. The van der Waals surface area contributed by atoms with Gasteiger partial charge >= 0.3 is 0 Å². The van der Waals surface area contributed by atoms with Gasteiger partial charge in [0, 0.05) is 7.05 Å². The fourth-order valence-corrected chi connectivity index (χ4v) is 4.06. The lowest BCUT2D eigenvalue weighted by Crippen LogP contribution is -2.08. The van der Waals surface area contributed by atoms with Crippen LogP contribution in [0.4, 0.5) is 0 Å². The Labute approximate surface area is 151 Å². The van der Waals surface area contributed by atoms with Gasteiger partial charge in [-0.25, -0.2) is 0 Å². The molecule has 1 heterocycles. The van der Waals surface area contributed by atoms with Crippen molar-refractivity contribution in [1.82, 2.24) is 4.57 Å². The Morgan fingerprint density at radius 2 is 1.12 bits per heavy atom. The van der Waals surface area contributed by atoms with Crippen molar-refractivity contribution < 1.29 is 0 Å². The standard InChI is InChI=1S/C22H18N2S/c1-24-20(21(25-22(24)23)19-10-6-3-7-11-19)18-14-12-17(13-15-18)16-8-4-2-5-9-16/h2-15,23H,1H3. The van der Waals surface area contributed by atoms with E-state index in [1.807, 2.05) is 35.9 Å². The van der Waals surface area contributed by atoms with E-state index in [1.165, 1.54) is 22.5 Å². The first-order valence-corrected chi connectivity index (χ1v) is 9.01. The first kappa shape index (κ1) is 15.6. The van der Waals surface area contributed by atoms with Crippen LogP contribution in [0.1, 0.15) is 0 Å². The van der Waals surface area contributed by atoms with E-state index in [4.69, 9.17) is 5.41 Å². The summed E-state index contributed by atoms with van der Waals surface area (Å²) in [6, 6.07) is 29.3. The summed E-state index contributed by atoms with van der Waals surface area (Å²) in [4.78, 5) is 1.70. The third kappa shape index (κ3) is 2.94. The maximum atomic E-state index is 8.24. The lowest BCUT2D eigenvalue weighted by atomic mass is 10.0. The molecule has 0 fully saturated rings. The van der Waals surface area contributed by atoms with Gasteiger partial charge in [0.1, 0.15) is 0 Å². The summed E-state index contributed by atoms with van der Waals surface area (Å²) in [6.45, 7) is 0. The summed E-state index contributed by atoms with van der Waals surface area (Å²) in [7, 11) is 1.96. The van der Waals surface area contributed by atoms with Crippen molar-refractivity contribution in [3.8, 4) is 32.8 Å². The number of hydrogen-bond acceptors (Lipinski definition) is 2. The number of benzene rings is 3. The summed E-state index contributed by atoms with van der Waals surface area (Å²) in [5.74, 6) is 0. The molecule has 0 aliphatic carbocycles. The summed E-state index contributed by atoms with van der Waals surface area (Å²) < 4.78 is 1.96. The van der Waals surface area contributed by atoms with E-state index < -0.39 is 0 Å². The van der Waals surface area contributed by atoms with Crippen molar-refractivity contribution in [1.29, 1.82) is 5.41 Å². The monoisotopic (exact) mass is 342 g/mol. The van der Waals surface area contributed by atoms with Crippen LogP contribution < -0.4 is 4.80 Å². The number of nitrogens with one attached hydrogen (secondary N) is 1. The molecule has 3 heteroatoms. The molecule has 0 atom stereocenters. The molecule has 2 nitrogen and oxygen atoms in total. The van der Waals surface area contributed by atoms with Crippen LogP contribution in [0.25, 0.3) is 32.8 Å². The van der Waals surface area contributed by atoms with Gasteiger partial charge in [0.2, 0.25) is 0 Å². The maximum Gasteiger partial charge on any atom is 0.182 e. The van der Waals surface area contributed by atoms with Gasteiger partial charge in [-0.2, -0.15) is 0 Å². The Kier molecular flexibility index (Phi) is 4.08. The van der Waals surface area contributed by atoms with E-state index in [0.717, 1.165) is 21.7 Å². The molecule has 0 saturated carbocycles. The molecular formula is C22H18N2S. The van der Waals surface area contributed by atoms with E-state index in [-0.39, 0.29) is 0 Å². The maximum absolute atomic E-state index is 8.24. The van der Waals surface area contributed by atoms with Crippen LogP contribution in [0, 0.1) is 5.41 Å². The predicted octanol–water partition coefficient (Wildman–Crippen LogP) is 5.57. The Morgan fingerprint density at radius 3 is 1.72 bits per heavy atom. The van der Waals surface area contributed by atoms with Gasteiger partial charge in [0.05, 0.1) is 10.6 Å². The number of rotatable bonds is 3. The van der Waals surface area contributed by atoms with Gasteiger partial charge in [-0.1, -0.05) is 96.3 Å². The van der Waals surface area contributed by atoms with Crippen molar-refractivity contribution in [3.63, 3.8) is 0 Å². The van der Waals surface area contributed by atoms with Crippen LogP contribution >= 0.6 is 11.3 Å². The van der Waals surface area contributed by atoms with Crippen molar-refractivity contribution in [2.45, 2.75) is 0 Å². The lowest BCUT2D eigenvalue weighted by molar-refractivity contribution is 0.867. The highest BCUT2D eigenvalue weighted by molar-refractivity contribution is 7.13. The van der Waals surface area contributed by atoms with Crippen molar-refractivity contribution in [2.24, 2.45) is 7.05 Å². The van der Waals surface area contributed by atoms with Crippen LogP contribution in [0.3, 0.4) is 0 Å². The Balaban J connectivity index is 1.82. The zero-order valence-electron chi connectivity index (χ0n) is 13.9. The largest absolute Gasteiger partial charge is 0.319 e. The fourth-order valence-electron chi connectivity index (χ4n) is 3.03. The van der Waals surface area contributed by atoms with Gasteiger partial charge in [0.25, 0.3) is 0 Å². The van der Waals surface area contributed by atoms with Gasteiger partial charge in [0.15, 0.2) is 4.80 Å². The van der Waals surface area contributed by atoms with E-state index in [2.05, 4.69) is 60.7 Å². The molecule has 0 amide bonds. The van der Waals surface area contributed by atoms with Crippen LogP contribution in [0.15, 0.2) is 84.9 Å². The average molecular weight is 342 g/mol. The topological polar surface area (TPSA) is 28.8 Å². The number of nitrogens with zero attached hydrogens (tertiary/aromatic N) is 1. The normalized spacial score (nSPS) is 10.8. The predicted molar refractivity (Wildman–Crippen MR) is 105 cm³/mol. The number of hydrogen-bond donors (Lipinski definition) is 1. The molecule has 4 aromatic rings. The molecule has 0 radical (unpaired) electrons. The molecule has 1 N–H and O–H groups in total. The molecule has 0 bridgehead atoms. The third-order valence-corrected chi connectivity index (χ3v) is 5.46. The fraction of sp³-hybridized carbons (Fsp3) is 0.0455. The van der Waals surface area contributed by atoms with E-state index >= 15 is 0 Å². The zero-order valence-corrected chi connectivity index (χ0v) is 14.8. The number of thiazole rings is 1. The highest BCUT2D eigenvalue weighted by Crippen LogP contribution is 2.34. The minimum Gasteiger partial charge on any atom is -0.319 e. The highest BCUT2D eigenvalue weighted by Gasteiger charge is 2.14. The van der Waals surface area contributed by atoms with Gasteiger partial charge in [-0.15, -0.1) is 0 Å². The number of aromatic nitrogens is 1.